The van der Waals surface area contributed by atoms with Gasteiger partial charge in [0.05, 0.1) is 23.2 Å². The average molecular weight is 383 g/mol. The van der Waals surface area contributed by atoms with Gasteiger partial charge >= 0.3 is 11.4 Å². The lowest BCUT2D eigenvalue weighted by atomic mass is 9.46. The Hall–Kier alpha value is -3.34. The molecule has 0 radical (unpaired) electrons. The molecule has 7 rings (SSSR count). The molecule has 2 bridgehead atoms. The zero-order valence-corrected chi connectivity index (χ0v) is 16.3. The highest BCUT2D eigenvalue weighted by atomic mass is 16.2. The molecule has 0 N–H and O–H groups in total. The third-order valence-corrected chi connectivity index (χ3v) is 7.29. The molecule has 0 unspecified atom stereocenters. The minimum absolute atomic E-state index is 0.158. The summed E-state index contributed by atoms with van der Waals surface area (Å²) in [4.78, 5) is 26.9. The molecule has 3 heterocycles. The van der Waals surface area contributed by atoms with Crippen molar-refractivity contribution in [3.05, 3.63) is 110 Å². The van der Waals surface area contributed by atoms with Crippen molar-refractivity contribution in [3.63, 3.8) is 0 Å². The largest absolute Gasteiger partial charge is 0.352 e. The fourth-order valence-electron chi connectivity index (χ4n) is 6.04. The molecule has 29 heavy (non-hydrogen) atoms. The molecule has 2 aliphatic heterocycles. The van der Waals surface area contributed by atoms with Crippen molar-refractivity contribution < 1.29 is 0 Å². The zero-order chi connectivity index (χ0) is 19.9. The van der Waals surface area contributed by atoms with Crippen LogP contribution in [0.3, 0.4) is 0 Å². The first-order valence-electron chi connectivity index (χ1n) is 10.0. The maximum absolute atomic E-state index is 13.5. The lowest BCUT2D eigenvalue weighted by Crippen LogP contribution is -2.63. The van der Waals surface area contributed by atoms with Crippen molar-refractivity contribution in [2.75, 3.05) is 0 Å². The highest BCUT2D eigenvalue weighted by molar-refractivity contribution is 5.56. The summed E-state index contributed by atoms with van der Waals surface area (Å²) >= 11 is 0. The van der Waals surface area contributed by atoms with E-state index >= 15 is 0 Å². The van der Waals surface area contributed by atoms with Crippen LogP contribution in [0.15, 0.2) is 93.6 Å². The molecule has 2 aliphatic carbocycles. The van der Waals surface area contributed by atoms with Gasteiger partial charge in [0, 0.05) is 5.92 Å². The van der Waals surface area contributed by atoms with Gasteiger partial charge in [0.2, 0.25) is 0 Å². The second-order valence-electron chi connectivity index (χ2n) is 8.27. The summed E-state index contributed by atoms with van der Waals surface area (Å²) in [6.07, 6.45) is 4.24. The predicted octanol–water partition coefficient (Wildman–Crippen LogP) is 3.37. The maximum atomic E-state index is 13.5. The van der Waals surface area contributed by atoms with E-state index in [4.69, 9.17) is 0 Å². The Labute approximate surface area is 167 Å². The third-order valence-electron chi connectivity index (χ3n) is 7.29. The Kier molecular flexibility index (Phi) is 3.08. The van der Waals surface area contributed by atoms with Gasteiger partial charge in [-0.2, -0.15) is 0 Å². The van der Waals surface area contributed by atoms with Gasteiger partial charge in [-0.25, -0.2) is 23.5 Å². The Morgan fingerprint density at radius 2 is 1.41 bits per heavy atom. The van der Waals surface area contributed by atoms with Crippen LogP contribution in [0.25, 0.3) is 5.69 Å². The quantitative estimate of drug-likeness (QED) is 0.637. The summed E-state index contributed by atoms with van der Waals surface area (Å²) in [5.41, 5.74) is 3.65. The van der Waals surface area contributed by atoms with Crippen LogP contribution >= 0.6 is 0 Å². The number of hydrogen-bond acceptors (Lipinski definition) is 2. The molecule has 0 amide bonds. The van der Waals surface area contributed by atoms with Crippen LogP contribution in [0.4, 0.5) is 0 Å². The van der Waals surface area contributed by atoms with Crippen molar-refractivity contribution >= 4 is 0 Å². The fraction of sp³-hybridized carbons (Fsp3) is 0.250. The van der Waals surface area contributed by atoms with Crippen LogP contribution in [0, 0.1) is 5.92 Å². The molecule has 144 valence electrons. The molecular formula is C24H21N3O2. The maximum Gasteiger partial charge on any atom is 0.352 e. The summed E-state index contributed by atoms with van der Waals surface area (Å²) in [5.74, 6) is 0.184. The van der Waals surface area contributed by atoms with Crippen molar-refractivity contribution in [1.82, 2.24) is 13.9 Å². The second-order valence-corrected chi connectivity index (χ2v) is 8.27. The van der Waals surface area contributed by atoms with Gasteiger partial charge in [0.15, 0.2) is 0 Å². The first-order valence-corrected chi connectivity index (χ1v) is 10.0. The molecule has 0 saturated carbocycles. The van der Waals surface area contributed by atoms with E-state index in [1.165, 1.54) is 21.3 Å². The normalized spacial score (nSPS) is 28.8. The van der Waals surface area contributed by atoms with Gasteiger partial charge in [-0.3, -0.25) is 0 Å². The van der Waals surface area contributed by atoms with Gasteiger partial charge in [-0.05, 0) is 31.5 Å². The lowest BCUT2D eigenvalue weighted by Gasteiger charge is -2.62. The van der Waals surface area contributed by atoms with E-state index in [2.05, 4.69) is 50.3 Å². The molecule has 2 aromatic carbocycles. The van der Waals surface area contributed by atoms with Crippen molar-refractivity contribution in [1.29, 1.82) is 0 Å². The van der Waals surface area contributed by atoms with Gasteiger partial charge in [-0.15, -0.1) is 0 Å². The van der Waals surface area contributed by atoms with Crippen LogP contribution in [0.1, 0.15) is 31.5 Å². The zero-order valence-electron chi connectivity index (χ0n) is 16.3. The van der Waals surface area contributed by atoms with Crippen LogP contribution in [0.2, 0.25) is 0 Å². The van der Waals surface area contributed by atoms with Crippen LogP contribution in [-0.2, 0) is 5.41 Å². The standard InChI is InChI=1S/C24H21N3O2/c1-15-16(2)24(17-9-5-3-6-10-17)20-14-13-19(21(15)24)26-22(28)25(23(29)27(20)26)18-11-7-4-8-12-18/h3-14,19-21H,1-2H3/t19-,20-,21+,24-/m0/s1. The third kappa shape index (κ3) is 1.73. The molecule has 1 aromatic heterocycles. The summed E-state index contributed by atoms with van der Waals surface area (Å²) in [5, 5.41) is 0. The monoisotopic (exact) mass is 383 g/mol. The van der Waals surface area contributed by atoms with Crippen molar-refractivity contribution in [2.45, 2.75) is 31.3 Å². The molecule has 3 aromatic rings. The first kappa shape index (κ1) is 16.6. The van der Waals surface area contributed by atoms with E-state index in [9.17, 15) is 9.59 Å². The molecular weight excluding hydrogens is 362 g/mol. The van der Waals surface area contributed by atoms with Crippen LogP contribution in [0.5, 0.6) is 0 Å². The number of rotatable bonds is 2. The Morgan fingerprint density at radius 1 is 0.793 bits per heavy atom. The van der Waals surface area contributed by atoms with E-state index in [0.717, 1.165) is 0 Å². The smallest absolute Gasteiger partial charge is 0.245 e. The molecule has 5 nitrogen and oxygen atoms in total. The summed E-state index contributed by atoms with van der Waals surface area (Å²) in [7, 11) is 0. The van der Waals surface area contributed by atoms with E-state index in [1.807, 2.05) is 24.3 Å². The van der Waals surface area contributed by atoms with Crippen molar-refractivity contribution in [3.8, 4) is 5.69 Å². The topological polar surface area (TPSA) is 48.9 Å². The van der Waals surface area contributed by atoms with Crippen LogP contribution in [-0.4, -0.2) is 13.9 Å². The number of nitrogens with zero attached hydrogens (tertiary/aromatic N) is 3. The number of para-hydroxylation sites is 1. The van der Waals surface area contributed by atoms with Gasteiger partial charge in [0.25, 0.3) is 0 Å². The van der Waals surface area contributed by atoms with Gasteiger partial charge in [-0.1, -0.05) is 71.8 Å². The van der Waals surface area contributed by atoms with E-state index in [0.29, 0.717) is 5.69 Å². The summed E-state index contributed by atoms with van der Waals surface area (Å²) in [6.45, 7) is 4.34. The number of benzene rings is 2. The molecule has 0 fully saturated rings. The summed E-state index contributed by atoms with van der Waals surface area (Å²) < 4.78 is 4.68. The summed E-state index contributed by atoms with van der Waals surface area (Å²) in [6, 6.07) is 19.3. The molecule has 0 saturated heterocycles. The minimum Gasteiger partial charge on any atom is -0.245 e. The molecule has 0 spiro atoms. The SMILES string of the molecule is CC1=C(C)[C@@]2(c3ccccc3)[C@H]1[C@@H]1C=C[C@@H]2n2c(=O)n(-c3ccccc3)c(=O)n21. The van der Waals surface area contributed by atoms with E-state index in [1.54, 1.807) is 21.5 Å². The molecule has 4 atom stereocenters. The Morgan fingerprint density at radius 3 is 2.10 bits per heavy atom. The molecule has 4 aliphatic rings. The Balaban J connectivity index is 1.67. The van der Waals surface area contributed by atoms with Gasteiger partial charge < -0.3 is 0 Å². The van der Waals surface area contributed by atoms with Gasteiger partial charge in [0.1, 0.15) is 0 Å². The fourth-order valence-corrected chi connectivity index (χ4v) is 6.04. The van der Waals surface area contributed by atoms with Crippen LogP contribution < -0.4 is 11.4 Å². The lowest BCUT2D eigenvalue weighted by molar-refractivity contribution is 0.0784. The van der Waals surface area contributed by atoms with Crippen molar-refractivity contribution in [2.24, 2.45) is 5.92 Å². The molecule has 5 heteroatoms. The predicted molar refractivity (Wildman–Crippen MR) is 111 cm³/mol. The number of hydrogen-bond donors (Lipinski definition) is 0. The van der Waals surface area contributed by atoms with E-state index in [-0.39, 0.29) is 34.8 Å². The number of allylic oxidation sites excluding steroid dienone is 4. The van der Waals surface area contributed by atoms with E-state index < -0.39 is 0 Å². The Bertz CT molecular complexity index is 1320. The minimum atomic E-state index is -0.274. The number of aromatic nitrogens is 3. The highest BCUT2D eigenvalue weighted by Gasteiger charge is 2.64. The first-order chi connectivity index (χ1) is 14.1. The second kappa shape index (κ2) is 5.38. The highest BCUT2D eigenvalue weighted by Crippen LogP contribution is 2.66. The average Bonchev–Trinajstić information content (AvgIpc) is 3.05.